The molecule has 1 aromatic carbocycles. The molecule has 0 radical (unpaired) electrons. The number of thiazole rings is 1. The maximum Gasteiger partial charge on any atom is 0.193 e. The molecular weight excluding hydrogens is 206 g/mol. The van der Waals surface area contributed by atoms with E-state index in [9.17, 15) is 4.79 Å². The molecule has 0 unspecified atom stereocenters. The Labute approximate surface area is 91.6 Å². The van der Waals surface area contributed by atoms with Gasteiger partial charge in [0.1, 0.15) is 5.01 Å². The lowest BCUT2D eigenvalue weighted by Gasteiger charge is -1.95. The van der Waals surface area contributed by atoms with Gasteiger partial charge < -0.3 is 0 Å². The zero-order valence-electron chi connectivity index (χ0n) is 7.81. The molecule has 0 aliphatic heterocycles. The predicted octanol–water partition coefficient (Wildman–Crippen LogP) is 2.36. The highest BCUT2D eigenvalue weighted by Crippen LogP contribution is 2.21. The number of carbonyl (C=O) groups excluding carboxylic acids is 1. The van der Waals surface area contributed by atoms with E-state index in [1.54, 1.807) is 17.5 Å². The van der Waals surface area contributed by atoms with E-state index in [4.69, 9.17) is 0 Å². The van der Waals surface area contributed by atoms with Gasteiger partial charge in [-0.25, -0.2) is 4.98 Å². The van der Waals surface area contributed by atoms with E-state index < -0.39 is 0 Å². The summed E-state index contributed by atoms with van der Waals surface area (Å²) in [6.45, 7) is 0. The van der Waals surface area contributed by atoms with Crippen LogP contribution in [0.25, 0.3) is 10.6 Å². The normalized spacial score (nSPS) is 9.07. The van der Waals surface area contributed by atoms with Gasteiger partial charge in [-0.05, 0) is 18.1 Å². The average Bonchev–Trinajstić information content (AvgIpc) is 2.80. The Bertz CT molecular complexity index is 503. The third-order valence-electron chi connectivity index (χ3n) is 1.84. The van der Waals surface area contributed by atoms with Crippen LogP contribution in [-0.4, -0.2) is 11.3 Å². The summed E-state index contributed by atoms with van der Waals surface area (Å²) >= 11 is 1.60. The van der Waals surface area contributed by atoms with Crippen molar-refractivity contribution >= 4 is 17.6 Å². The molecule has 0 bridgehead atoms. The van der Waals surface area contributed by atoms with Gasteiger partial charge in [0.25, 0.3) is 0 Å². The molecule has 72 valence electrons. The van der Waals surface area contributed by atoms with Gasteiger partial charge in [-0.3, -0.25) is 4.79 Å². The lowest BCUT2D eigenvalue weighted by atomic mass is 10.1. The molecule has 2 aromatic rings. The molecule has 2 nitrogen and oxygen atoms in total. The van der Waals surface area contributed by atoms with Crippen LogP contribution in [0.15, 0.2) is 35.8 Å². The summed E-state index contributed by atoms with van der Waals surface area (Å²) in [6.07, 6.45) is 2.37. The third-order valence-corrected chi connectivity index (χ3v) is 2.66. The number of aromatic nitrogens is 1. The molecule has 0 N–H and O–H groups in total. The van der Waals surface area contributed by atoms with Crippen molar-refractivity contribution in [1.82, 2.24) is 4.98 Å². The summed E-state index contributed by atoms with van der Waals surface area (Å²) in [5.74, 6) is 5.11. The van der Waals surface area contributed by atoms with Gasteiger partial charge in [-0.2, -0.15) is 0 Å². The Balaban J connectivity index is 2.28. The monoisotopic (exact) mass is 213 g/mol. The summed E-state index contributed by atoms with van der Waals surface area (Å²) in [5, 5.41) is 2.93. The van der Waals surface area contributed by atoms with Crippen LogP contribution in [0.5, 0.6) is 0 Å². The fourth-order valence-corrected chi connectivity index (χ4v) is 1.82. The van der Waals surface area contributed by atoms with Crippen molar-refractivity contribution in [1.29, 1.82) is 0 Å². The van der Waals surface area contributed by atoms with Gasteiger partial charge in [-0.15, -0.1) is 11.3 Å². The molecular formula is C12H7NOS. The van der Waals surface area contributed by atoms with Crippen molar-refractivity contribution in [3.8, 4) is 22.4 Å². The zero-order valence-corrected chi connectivity index (χ0v) is 8.62. The highest BCUT2D eigenvalue weighted by Gasteiger charge is 1.98. The van der Waals surface area contributed by atoms with Crippen LogP contribution in [0, 0.1) is 11.8 Å². The van der Waals surface area contributed by atoms with Crippen LogP contribution < -0.4 is 0 Å². The lowest BCUT2D eigenvalue weighted by molar-refractivity contribution is -0.103. The number of carbonyl (C=O) groups is 1. The average molecular weight is 213 g/mol. The van der Waals surface area contributed by atoms with E-state index in [1.807, 2.05) is 29.6 Å². The Hall–Kier alpha value is -1.92. The Kier molecular flexibility index (Phi) is 2.91. The Morgan fingerprint density at radius 1 is 1.27 bits per heavy atom. The van der Waals surface area contributed by atoms with Crippen LogP contribution in [0.1, 0.15) is 5.56 Å². The number of hydrogen-bond acceptors (Lipinski definition) is 3. The summed E-state index contributed by atoms with van der Waals surface area (Å²) in [6, 6.07) is 7.67. The van der Waals surface area contributed by atoms with E-state index in [2.05, 4.69) is 16.8 Å². The van der Waals surface area contributed by atoms with Crippen LogP contribution in [0.2, 0.25) is 0 Å². The Morgan fingerprint density at radius 2 is 2.07 bits per heavy atom. The largest absolute Gasteiger partial charge is 0.289 e. The number of hydrogen-bond donors (Lipinski definition) is 0. The molecule has 3 heteroatoms. The molecule has 2 rings (SSSR count). The maximum absolute atomic E-state index is 10.0. The van der Waals surface area contributed by atoms with Gasteiger partial charge in [0, 0.05) is 22.7 Å². The van der Waals surface area contributed by atoms with Gasteiger partial charge in [0.15, 0.2) is 6.29 Å². The van der Waals surface area contributed by atoms with Gasteiger partial charge in [0.05, 0.1) is 0 Å². The van der Waals surface area contributed by atoms with E-state index >= 15 is 0 Å². The lowest BCUT2D eigenvalue weighted by Crippen LogP contribution is -1.77. The topological polar surface area (TPSA) is 30.0 Å². The Morgan fingerprint density at radius 3 is 2.67 bits per heavy atom. The van der Waals surface area contributed by atoms with Crippen molar-refractivity contribution in [2.75, 3.05) is 0 Å². The SMILES string of the molecule is O=CC#Cc1ccc(-c2nccs2)cc1. The minimum atomic E-state index is 0.592. The molecule has 15 heavy (non-hydrogen) atoms. The number of nitrogens with zero attached hydrogens (tertiary/aromatic N) is 1. The predicted molar refractivity (Wildman–Crippen MR) is 60.5 cm³/mol. The van der Waals surface area contributed by atoms with E-state index in [0.29, 0.717) is 6.29 Å². The second kappa shape index (κ2) is 4.54. The number of benzene rings is 1. The summed E-state index contributed by atoms with van der Waals surface area (Å²) < 4.78 is 0. The minimum Gasteiger partial charge on any atom is -0.289 e. The molecule has 0 amide bonds. The summed E-state index contributed by atoms with van der Waals surface area (Å²) in [5.41, 5.74) is 1.91. The first kappa shape index (κ1) is 9.63. The molecule has 1 aromatic heterocycles. The fourth-order valence-electron chi connectivity index (χ4n) is 1.17. The van der Waals surface area contributed by atoms with Gasteiger partial charge in [-0.1, -0.05) is 18.1 Å². The first-order chi connectivity index (χ1) is 7.40. The second-order valence-corrected chi connectivity index (χ2v) is 3.70. The summed E-state index contributed by atoms with van der Waals surface area (Å²) in [4.78, 5) is 14.3. The molecule has 0 aliphatic carbocycles. The van der Waals surface area contributed by atoms with Gasteiger partial charge in [0.2, 0.25) is 0 Å². The highest BCUT2D eigenvalue weighted by atomic mass is 32.1. The van der Waals surface area contributed by atoms with Crippen molar-refractivity contribution in [2.24, 2.45) is 0 Å². The second-order valence-electron chi connectivity index (χ2n) is 2.80. The standard InChI is InChI=1S/C12H7NOS/c14-8-1-2-10-3-5-11(6-4-10)12-13-7-9-15-12/h3-9H. The van der Waals surface area contributed by atoms with E-state index in [-0.39, 0.29) is 0 Å². The van der Waals surface area contributed by atoms with Crippen LogP contribution in [-0.2, 0) is 4.79 Å². The molecule has 0 saturated carbocycles. The quantitative estimate of drug-likeness (QED) is 0.537. The van der Waals surface area contributed by atoms with Crippen LogP contribution in [0.3, 0.4) is 0 Å². The minimum absolute atomic E-state index is 0.592. The molecule has 0 atom stereocenters. The molecule has 1 heterocycles. The van der Waals surface area contributed by atoms with Crippen LogP contribution >= 0.6 is 11.3 Å². The van der Waals surface area contributed by atoms with Gasteiger partial charge >= 0.3 is 0 Å². The highest BCUT2D eigenvalue weighted by molar-refractivity contribution is 7.13. The zero-order chi connectivity index (χ0) is 10.5. The first-order valence-corrected chi connectivity index (χ1v) is 5.23. The third kappa shape index (κ3) is 2.30. The molecule has 0 aliphatic rings. The number of rotatable bonds is 1. The van der Waals surface area contributed by atoms with Crippen molar-refractivity contribution in [3.05, 3.63) is 41.4 Å². The van der Waals surface area contributed by atoms with Crippen molar-refractivity contribution < 1.29 is 4.79 Å². The molecule has 0 saturated heterocycles. The van der Waals surface area contributed by atoms with Crippen LogP contribution in [0.4, 0.5) is 0 Å². The first-order valence-electron chi connectivity index (χ1n) is 4.35. The number of aldehydes is 1. The maximum atomic E-state index is 10.0. The van der Waals surface area contributed by atoms with Crippen molar-refractivity contribution in [3.63, 3.8) is 0 Å². The summed E-state index contributed by atoms with van der Waals surface area (Å²) in [7, 11) is 0. The molecule has 0 spiro atoms. The molecule has 0 fully saturated rings. The smallest absolute Gasteiger partial charge is 0.193 e. The van der Waals surface area contributed by atoms with E-state index in [1.165, 1.54) is 0 Å². The fraction of sp³-hybridized carbons (Fsp3) is 0. The van der Waals surface area contributed by atoms with E-state index in [0.717, 1.165) is 16.1 Å². The van der Waals surface area contributed by atoms with Crippen molar-refractivity contribution in [2.45, 2.75) is 0 Å².